The van der Waals surface area contributed by atoms with Crippen molar-refractivity contribution in [2.24, 2.45) is 11.8 Å². The molecule has 20 heavy (non-hydrogen) atoms. The van der Waals surface area contributed by atoms with Crippen LogP contribution in [0.4, 0.5) is 0 Å². The lowest BCUT2D eigenvalue weighted by atomic mass is 9.96. The molecule has 1 amide bonds. The summed E-state index contributed by atoms with van der Waals surface area (Å²) in [6.07, 6.45) is 2.53. The average Bonchev–Trinajstić information content (AvgIpc) is 2.87. The minimum absolute atomic E-state index is 0.0583. The number of aryl methyl sites for hydroxylation is 2. The Balaban J connectivity index is 1.95. The standard InChI is InChI=1S/C16H21NO3/c1-10-6-7-12(8-11(10)2)15(18)17-9-13-4-3-5-14(13)16(19)20/h6-8,13-14H,3-5,9H2,1-2H3,(H,17,18)(H,19,20). The summed E-state index contributed by atoms with van der Waals surface area (Å²) in [6, 6.07) is 5.61. The second kappa shape index (κ2) is 6.07. The normalized spacial score (nSPS) is 21.7. The number of rotatable bonds is 4. The van der Waals surface area contributed by atoms with Crippen molar-refractivity contribution in [1.29, 1.82) is 0 Å². The van der Waals surface area contributed by atoms with E-state index in [1.165, 1.54) is 0 Å². The van der Waals surface area contributed by atoms with Gasteiger partial charge in [0, 0.05) is 12.1 Å². The number of hydrogen-bond acceptors (Lipinski definition) is 2. The molecule has 0 aliphatic heterocycles. The van der Waals surface area contributed by atoms with E-state index in [1.54, 1.807) is 6.07 Å². The van der Waals surface area contributed by atoms with Crippen molar-refractivity contribution >= 4 is 11.9 Å². The Hall–Kier alpha value is -1.84. The molecule has 0 aromatic heterocycles. The van der Waals surface area contributed by atoms with Gasteiger partial charge >= 0.3 is 5.97 Å². The molecule has 0 spiro atoms. The lowest BCUT2D eigenvalue weighted by molar-refractivity contribution is -0.142. The molecule has 0 saturated heterocycles. The zero-order chi connectivity index (χ0) is 14.7. The Kier molecular flexibility index (Phi) is 4.42. The number of carboxylic acids is 1. The third-order valence-corrected chi connectivity index (χ3v) is 4.27. The van der Waals surface area contributed by atoms with Crippen molar-refractivity contribution < 1.29 is 14.7 Å². The largest absolute Gasteiger partial charge is 0.481 e. The van der Waals surface area contributed by atoms with E-state index in [0.29, 0.717) is 12.1 Å². The molecular formula is C16H21NO3. The predicted molar refractivity (Wildman–Crippen MR) is 76.7 cm³/mol. The molecule has 4 nitrogen and oxygen atoms in total. The minimum atomic E-state index is -0.743. The first-order chi connectivity index (χ1) is 9.49. The summed E-state index contributed by atoms with van der Waals surface area (Å²) in [6.45, 7) is 4.43. The van der Waals surface area contributed by atoms with Crippen molar-refractivity contribution in [3.63, 3.8) is 0 Å². The molecule has 1 aliphatic rings. The highest BCUT2D eigenvalue weighted by Crippen LogP contribution is 2.31. The number of carbonyl (C=O) groups is 2. The van der Waals surface area contributed by atoms with Crippen LogP contribution < -0.4 is 5.32 Å². The van der Waals surface area contributed by atoms with Gasteiger partial charge in [0.2, 0.25) is 0 Å². The summed E-state index contributed by atoms with van der Waals surface area (Å²) in [5.41, 5.74) is 2.88. The van der Waals surface area contributed by atoms with Crippen LogP contribution in [-0.2, 0) is 4.79 Å². The molecule has 1 fully saturated rings. The molecule has 0 heterocycles. The first-order valence-electron chi connectivity index (χ1n) is 7.07. The van der Waals surface area contributed by atoms with Gasteiger partial charge in [-0.2, -0.15) is 0 Å². The van der Waals surface area contributed by atoms with Crippen molar-refractivity contribution in [2.45, 2.75) is 33.1 Å². The average molecular weight is 275 g/mol. The number of carbonyl (C=O) groups excluding carboxylic acids is 1. The fraction of sp³-hybridized carbons (Fsp3) is 0.500. The molecule has 2 atom stereocenters. The Morgan fingerprint density at radius 1 is 1.25 bits per heavy atom. The number of amides is 1. The van der Waals surface area contributed by atoms with Gasteiger partial charge in [-0.3, -0.25) is 9.59 Å². The topological polar surface area (TPSA) is 66.4 Å². The zero-order valence-electron chi connectivity index (χ0n) is 12.0. The molecule has 108 valence electrons. The highest BCUT2D eigenvalue weighted by atomic mass is 16.4. The fourth-order valence-electron chi connectivity index (χ4n) is 2.81. The van der Waals surface area contributed by atoms with E-state index in [4.69, 9.17) is 5.11 Å². The van der Waals surface area contributed by atoms with E-state index < -0.39 is 5.97 Å². The molecule has 1 aromatic carbocycles. The molecule has 0 radical (unpaired) electrons. The van der Waals surface area contributed by atoms with Crippen LogP contribution in [-0.4, -0.2) is 23.5 Å². The minimum Gasteiger partial charge on any atom is -0.481 e. The summed E-state index contributed by atoms with van der Waals surface area (Å²) in [4.78, 5) is 23.2. The van der Waals surface area contributed by atoms with E-state index in [-0.39, 0.29) is 17.7 Å². The van der Waals surface area contributed by atoms with Gasteiger partial charge < -0.3 is 10.4 Å². The third kappa shape index (κ3) is 3.18. The van der Waals surface area contributed by atoms with Crippen LogP contribution >= 0.6 is 0 Å². The van der Waals surface area contributed by atoms with E-state index >= 15 is 0 Å². The van der Waals surface area contributed by atoms with Crippen molar-refractivity contribution in [2.75, 3.05) is 6.54 Å². The molecule has 2 rings (SSSR count). The molecule has 0 bridgehead atoms. The lowest BCUT2D eigenvalue weighted by Gasteiger charge is -2.16. The van der Waals surface area contributed by atoms with Gasteiger partial charge in [0.1, 0.15) is 0 Å². The van der Waals surface area contributed by atoms with Crippen molar-refractivity contribution in [3.05, 3.63) is 34.9 Å². The maximum absolute atomic E-state index is 12.1. The Morgan fingerprint density at radius 3 is 2.65 bits per heavy atom. The Bertz CT molecular complexity index is 524. The second-order valence-electron chi connectivity index (χ2n) is 5.64. The SMILES string of the molecule is Cc1ccc(C(=O)NCC2CCCC2C(=O)O)cc1C. The summed E-state index contributed by atoms with van der Waals surface area (Å²) in [7, 11) is 0. The number of hydrogen-bond donors (Lipinski definition) is 2. The summed E-state index contributed by atoms with van der Waals surface area (Å²) in [5.74, 6) is -1.12. The first kappa shape index (κ1) is 14.6. The highest BCUT2D eigenvalue weighted by molar-refractivity contribution is 5.94. The van der Waals surface area contributed by atoms with E-state index in [9.17, 15) is 9.59 Å². The molecule has 4 heteroatoms. The molecule has 1 aromatic rings. The summed E-state index contributed by atoms with van der Waals surface area (Å²) < 4.78 is 0. The van der Waals surface area contributed by atoms with E-state index in [0.717, 1.165) is 30.4 Å². The molecule has 2 N–H and O–H groups in total. The van der Waals surface area contributed by atoms with Crippen LogP contribution in [0, 0.1) is 25.7 Å². The fourth-order valence-corrected chi connectivity index (χ4v) is 2.81. The predicted octanol–water partition coefficient (Wildman–Crippen LogP) is 2.53. The molecule has 1 aliphatic carbocycles. The lowest BCUT2D eigenvalue weighted by Crippen LogP contribution is -2.33. The van der Waals surface area contributed by atoms with Gasteiger partial charge in [0.25, 0.3) is 5.91 Å². The number of carboxylic acid groups (broad SMARTS) is 1. The summed E-state index contributed by atoms with van der Waals surface area (Å²) in [5, 5.41) is 12.0. The number of nitrogens with one attached hydrogen (secondary N) is 1. The van der Waals surface area contributed by atoms with Crippen LogP contribution in [0.3, 0.4) is 0 Å². The van der Waals surface area contributed by atoms with Crippen LogP contribution in [0.1, 0.15) is 40.7 Å². The highest BCUT2D eigenvalue weighted by Gasteiger charge is 2.32. The van der Waals surface area contributed by atoms with Gasteiger partial charge in [-0.25, -0.2) is 0 Å². The van der Waals surface area contributed by atoms with Crippen molar-refractivity contribution in [1.82, 2.24) is 5.32 Å². The summed E-state index contributed by atoms with van der Waals surface area (Å²) >= 11 is 0. The van der Waals surface area contributed by atoms with Gasteiger partial charge in [0.15, 0.2) is 0 Å². The smallest absolute Gasteiger partial charge is 0.306 e. The maximum atomic E-state index is 12.1. The van der Waals surface area contributed by atoms with Gasteiger partial charge in [-0.15, -0.1) is 0 Å². The Morgan fingerprint density at radius 2 is 2.00 bits per heavy atom. The van der Waals surface area contributed by atoms with Gasteiger partial charge in [-0.1, -0.05) is 12.5 Å². The van der Waals surface area contributed by atoms with Gasteiger partial charge in [-0.05, 0) is 55.9 Å². The Labute approximate surface area is 119 Å². The number of aliphatic carboxylic acids is 1. The van der Waals surface area contributed by atoms with E-state index in [1.807, 2.05) is 26.0 Å². The first-order valence-corrected chi connectivity index (χ1v) is 7.07. The van der Waals surface area contributed by atoms with Crippen LogP contribution in [0.25, 0.3) is 0 Å². The van der Waals surface area contributed by atoms with Crippen LogP contribution in [0.5, 0.6) is 0 Å². The van der Waals surface area contributed by atoms with Crippen molar-refractivity contribution in [3.8, 4) is 0 Å². The zero-order valence-corrected chi connectivity index (χ0v) is 12.0. The number of benzene rings is 1. The van der Waals surface area contributed by atoms with Gasteiger partial charge in [0.05, 0.1) is 5.92 Å². The van der Waals surface area contributed by atoms with E-state index in [2.05, 4.69) is 5.32 Å². The second-order valence-corrected chi connectivity index (χ2v) is 5.64. The van der Waals surface area contributed by atoms with Crippen LogP contribution in [0.2, 0.25) is 0 Å². The molecule has 2 unspecified atom stereocenters. The molecular weight excluding hydrogens is 254 g/mol. The third-order valence-electron chi connectivity index (χ3n) is 4.27. The molecule has 1 saturated carbocycles. The maximum Gasteiger partial charge on any atom is 0.306 e. The quantitative estimate of drug-likeness (QED) is 0.887. The van der Waals surface area contributed by atoms with Crippen LogP contribution in [0.15, 0.2) is 18.2 Å². The monoisotopic (exact) mass is 275 g/mol.